The minimum Gasteiger partial charge on any atom is -0.321 e. The van der Waals surface area contributed by atoms with Crippen molar-refractivity contribution < 1.29 is 4.79 Å². The zero-order valence-electron chi connectivity index (χ0n) is 17.7. The quantitative estimate of drug-likeness (QED) is 0.293. The van der Waals surface area contributed by atoms with Gasteiger partial charge >= 0.3 is 0 Å². The van der Waals surface area contributed by atoms with Crippen molar-refractivity contribution in [2.75, 3.05) is 5.32 Å². The Hall–Kier alpha value is -3.60. The van der Waals surface area contributed by atoms with E-state index in [0.717, 1.165) is 33.3 Å². The largest absolute Gasteiger partial charge is 0.321 e. The van der Waals surface area contributed by atoms with Crippen LogP contribution in [0, 0.1) is 6.92 Å². The Kier molecular flexibility index (Phi) is 5.63. The van der Waals surface area contributed by atoms with Crippen LogP contribution in [0.5, 0.6) is 0 Å². The van der Waals surface area contributed by atoms with Crippen LogP contribution in [-0.2, 0) is 0 Å². The average molecular weight is 472 g/mol. The molecule has 1 amide bonds. The van der Waals surface area contributed by atoms with E-state index in [1.807, 2.05) is 49.4 Å². The van der Waals surface area contributed by atoms with E-state index < -0.39 is 0 Å². The van der Waals surface area contributed by atoms with Crippen LogP contribution in [0.2, 0.25) is 10.0 Å². The lowest BCUT2D eigenvalue weighted by atomic mass is 10.0. The Morgan fingerprint density at radius 1 is 0.818 bits per heavy atom. The number of fused-ring (bicyclic) bond motifs is 1. The van der Waals surface area contributed by atoms with Gasteiger partial charge in [0, 0.05) is 11.3 Å². The molecule has 0 unspecified atom stereocenters. The number of amides is 1. The van der Waals surface area contributed by atoms with Gasteiger partial charge in [0.1, 0.15) is 0 Å². The second kappa shape index (κ2) is 8.74. The number of hydrogen-bond acceptors (Lipinski definition) is 2. The molecule has 0 aliphatic rings. The molecule has 1 N–H and O–H groups in total. The number of aromatic nitrogens is 2. The highest BCUT2D eigenvalue weighted by Gasteiger charge is 2.18. The Balaban J connectivity index is 1.58. The summed E-state index contributed by atoms with van der Waals surface area (Å²) in [5.41, 5.74) is 4.66. The Labute approximate surface area is 201 Å². The lowest BCUT2D eigenvalue weighted by Crippen LogP contribution is -2.13. The van der Waals surface area contributed by atoms with Crippen LogP contribution in [0.4, 0.5) is 5.69 Å². The van der Waals surface area contributed by atoms with Gasteiger partial charge in [-0.25, -0.2) is 4.68 Å². The molecule has 4 aromatic carbocycles. The summed E-state index contributed by atoms with van der Waals surface area (Å²) < 4.78 is 1.80. The number of nitrogens with one attached hydrogen (secondary N) is 1. The highest BCUT2D eigenvalue weighted by atomic mass is 35.5. The summed E-state index contributed by atoms with van der Waals surface area (Å²) in [6.07, 6.45) is 0. The predicted octanol–water partition coefficient (Wildman–Crippen LogP) is 7.56. The maximum absolute atomic E-state index is 13.0. The normalized spacial score (nSPS) is 11.0. The summed E-state index contributed by atoms with van der Waals surface area (Å²) in [6, 6.07) is 29.2. The zero-order chi connectivity index (χ0) is 22.9. The van der Waals surface area contributed by atoms with E-state index in [1.165, 1.54) is 0 Å². The first kappa shape index (κ1) is 21.3. The fourth-order valence-corrected chi connectivity index (χ4v) is 4.00. The molecule has 0 radical (unpaired) electrons. The number of anilines is 1. The molecule has 162 valence electrons. The topological polar surface area (TPSA) is 46.9 Å². The van der Waals surface area contributed by atoms with Gasteiger partial charge < -0.3 is 5.32 Å². The van der Waals surface area contributed by atoms with Gasteiger partial charge in [-0.2, -0.15) is 5.10 Å². The van der Waals surface area contributed by atoms with Gasteiger partial charge in [-0.3, -0.25) is 4.79 Å². The number of nitrogens with zero attached hydrogens (tertiary/aromatic N) is 2. The van der Waals surface area contributed by atoms with Crippen LogP contribution in [-0.4, -0.2) is 15.7 Å². The van der Waals surface area contributed by atoms with E-state index in [9.17, 15) is 4.79 Å². The van der Waals surface area contributed by atoms with Crippen molar-refractivity contribution in [2.45, 2.75) is 6.92 Å². The molecule has 0 fully saturated rings. The monoisotopic (exact) mass is 471 g/mol. The van der Waals surface area contributed by atoms with Crippen LogP contribution in [0.25, 0.3) is 27.7 Å². The second-order valence-corrected chi connectivity index (χ2v) is 8.62. The maximum atomic E-state index is 13.0. The minimum absolute atomic E-state index is 0.296. The smallest absolute Gasteiger partial charge is 0.276 e. The first-order valence-electron chi connectivity index (χ1n) is 10.4. The molecule has 5 aromatic rings. The molecule has 0 aliphatic heterocycles. The van der Waals surface area contributed by atoms with Gasteiger partial charge in [0.2, 0.25) is 0 Å². The van der Waals surface area contributed by atoms with E-state index in [2.05, 4.69) is 34.7 Å². The van der Waals surface area contributed by atoms with Gasteiger partial charge in [-0.15, -0.1) is 0 Å². The van der Waals surface area contributed by atoms with Crippen LogP contribution in [0.3, 0.4) is 0 Å². The summed E-state index contributed by atoms with van der Waals surface area (Å²) in [7, 11) is 0. The Bertz CT molecular complexity index is 1490. The number of halogens is 2. The van der Waals surface area contributed by atoms with Crippen molar-refractivity contribution in [1.29, 1.82) is 0 Å². The number of hydrogen-bond donors (Lipinski definition) is 1. The number of benzene rings is 4. The minimum atomic E-state index is -0.332. The molecule has 6 heteroatoms. The highest BCUT2D eigenvalue weighted by molar-refractivity contribution is 6.42. The SMILES string of the molecule is Cc1ccc(-n2nc(C(=O)Nc3ccc(Cl)c(Cl)c3)cc2-c2ccc3ccccc3c2)cc1. The summed E-state index contributed by atoms with van der Waals surface area (Å²) in [5, 5.41) is 10.6. The molecular weight excluding hydrogens is 453 g/mol. The zero-order valence-corrected chi connectivity index (χ0v) is 19.2. The maximum Gasteiger partial charge on any atom is 0.276 e. The number of carbonyl (C=O) groups is 1. The first-order chi connectivity index (χ1) is 16.0. The third-order valence-electron chi connectivity index (χ3n) is 5.44. The lowest BCUT2D eigenvalue weighted by Gasteiger charge is -2.09. The summed E-state index contributed by atoms with van der Waals surface area (Å²) >= 11 is 12.1. The van der Waals surface area contributed by atoms with Crippen molar-refractivity contribution in [1.82, 2.24) is 9.78 Å². The molecule has 0 bridgehead atoms. The third-order valence-corrected chi connectivity index (χ3v) is 6.18. The average Bonchev–Trinajstić information content (AvgIpc) is 3.27. The van der Waals surface area contributed by atoms with E-state index in [-0.39, 0.29) is 5.91 Å². The summed E-state index contributed by atoms with van der Waals surface area (Å²) in [5.74, 6) is -0.332. The van der Waals surface area contributed by atoms with Crippen molar-refractivity contribution in [3.63, 3.8) is 0 Å². The number of rotatable bonds is 4. The number of aryl methyl sites for hydroxylation is 1. The molecule has 5 rings (SSSR count). The van der Waals surface area contributed by atoms with Crippen LogP contribution >= 0.6 is 23.2 Å². The lowest BCUT2D eigenvalue weighted by molar-refractivity contribution is 0.102. The van der Waals surface area contributed by atoms with Crippen LogP contribution < -0.4 is 5.32 Å². The Morgan fingerprint density at radius 3 is 2.33 bits per heavy atom. The molecule has 1 heterocycles. The molecule has 0 saturated heterocycles. The van der Waals surface area contributed by atoms with Gasteiger partial charge in [0.15, 0.2) is 5.69 Å². The van der Waals surface area contributed by atoms with E-state index in [0.29, 0.717) is 21.4 Å². The van der Waals surface area contributed by atoms with Gasteiger partial charge in [-0.05, 0) is 60.2 Å². The fraction of sp³-hybridized carbons (Fsp3) is 0.0370. The molecule has 0 atom stereocenters. The standard InChI is InChI=1S/C27H19Cl2N3O/c1-17-6-11-22(12-7-17)32-26(20-9-8-18-4-2-3-5-19(18)14-20)16-25(31-32)27(33)30-21-10-13-23(28)24(29)15-21/h2-16H,1H3,(H,30,33). The van der Waals surface area contributed by atoms with E-state index in [1.54, 1.807) is 28.9 Å². The molecule has 0 aliphatic carbocycles. The molecule has 4 nitrogen and oxygen atoms in total. The van der Waals surface area contributed by atoms with Gasteiger partial charge in [-0.1, -0.05) is 77.3 Å². The van der Waals surface area contributed by atoms with Crippen molar-refractivity contribution >= 4 is 45.6 Å². The first-order valence-corrected chi connectivity index (χ1v) is 11.2. The van der Waals surface area contributed by atoms with Crippen LogP contribution in [0.15, 0.2) is 91.0 Å². The summed E-state index contributed by atoms with van der Waals surface area (Å²) in [4.78, 5) is 13.0. The molecule has 0 spiro atoms. The molecule has 33 heavy (non-hydrogen) atoms. The molecule has 0 saturated carbocycles. The predicted molar refractivity (Wildman–Crippen MR) is 136 cm³/mol. The molecule has 1 aromatic heterocycles. The van der Waals surface area contributed by atoms with Gasteiger partial charge in [0.05, 0.1) is 21.4 Å². The fourth-order valence-electron chi connectivity index (χ4n) is 3.70. The second-order valence-electron chi connectivity index (χ2n) is 7.81. The molecular formula is C27H19Cl2N3O. The van der Waals surface area contributed by atoms with Crippen LogP contribution in [0.1, 0.15) is 16.1 Å². The number of carbonyl (C=O) groups excluding carboxylic acids is 1. The Morgan fingerprint density at radius 2 is 1.58 bits per heavy atom. The van der Waals surface area contributed by atoms with Crippen molar-refractivity contribution in [2.24, 2.45) is 0 Å². The van der Waals surface area contributed by atoms with E-state index in [4.69, 9.17) is 23.2 Å². The van der Waals surface area contributed by atoms with Crippen molar-refractivity contribution in [3.05, 3.63) is 112 Å². The van der Waals surface area contributed by atoms with Gasteiger partial charge in [0.25, 0.3) is 5.91 Å². The highest BCUT2D eigenvalue weighted by Crippen LogP contribution is 2.29. The van der Waals surface area contributed by atoms with Crippen molar-refractivity contribution in [3.8, 4) is 16.9 Å². The van der Waals surface area contributed by atoms with E-state index >= 15 is 0 Å². The summed E-state index contributed by atoms with van der Waals surface area (Å²) in [6.45, 7) is 2.03. The third kappa shape index (κ3) is 4.36.